The maximum absolute atomic E-state index is 6.34. The maximum Gasteiger partial charge on any atom is 0.121 e. The van der Waals surface area contributed by atoms with Crippen molar-refractivity contribution in [3.63, 3.8) is 0 Å². The van der Waals surface area contributed by atoms with E-state index in [1.165, 1.54) is 16.8 Å². The molecule has 2 aromatic heterocycles. The van der Waals surface area contributed by atoms with Crippen LogP contribution in [0.3, 0.4) is 0 Å². The number of fused-ring (bicyclic) bond motifs is 3. The number of nitrogens with one attached hydrogen (secondary N) is 1. The molecule has 1 N–H and O–H groups in total. The number of hydrogen-bond donors (Lipinski definition) is 1. The average molecular weight is 423 g/mol. The SMILES string of the molecule is Cc1c(CNCC2OCCC2(C)C)oc2c1C1=NN(Cc3ccccn3)C(C)C1CC2. The van der Waals surface area contributed by atoms with Crippen molar-refractivity contribution in [2.24, 2.45) is 16.4 Å². The van der Waals surface area contributed by atoms with Crippen molar-refractivity contribution < 1.29 is 9.15 Å². The first-order valence-electron chi connectivity index (χ1n) is 11.6. The Morgan fingerprint density at radius 1 is 1.29 bits per heavy atom. The Hall–Kier alpha value is -2.18. The fraction of sp³-hybridized carbons (Fsp3) is 0.600. The third kappa shape index (κ3) is 3.80. The Labute approximate surface area is 185 Å². The van der Waals surface area contributed by atoms with Crippen LogP contribution in [0.1, 0.15) is 62.0 Å². The molecule has 0 radical (unpaired) electrons. The van der Waals surface area contributed by atoms with Gasteiger partial charge in [0.2, 0.25) is 0 Å². The van der Waals surface area contributed by atoms with E-state index in [0.29, 0.717) is 12.0 Å². The highest BCUT2D eigenvalue weighted by Crippen LogP contribution is 2.39. The lowest BCUT2D eigenvalue weighted by molar-refractivity contribution is 0.0633. The van der Waals surface area contributed by atoms with Gasteiger partial charge in [-0.2, -0.15) is 5.10 Å². The zero-order valence-corrected chi connectivity index (χ0v) is 19.1. The van der Waals surface area contributed by atoms with Crippen LogP contribution in [0.25, 0.3) is 0 Å². The number of aromatic nitrogens is 1. The van der Waals surface area contributed by atoms with Gasteiger partial charge in [0.25, 0.3) is 0 Å². The molecule has 0 bridgehead atoms. The highest BCUT2D eigenvalue weighted by atomic mass is 16.5. The Bertz CT molecular complexity index is 965. The number of rotatable bonds is 6. The van der Waals surface area contributed by atoms with Crippen molar-refractivity contribution in [1.29, 1.82) is 0 Å². The molecule has 2 aromatic rings. The van der Waals surface area contributed by atoms with Gasteiger partial charge in [0, 0.05) is 42.8 Å². The van der Waals surface area contributed by atoms with E-state index in [0.717, 1.165) is 62.7 Å². The van der Waals surface area contributed by atoms with Gasteiger partial charge < -0.3 is 14.5 Å². The molecule has 4 heterocycles. The second-order valence-corrected chi connectivity index (χ2v) is 9.97. The lowest BCUT2D eigenvalue weighted by atomic mass is 9.81. The van der Waals surface area contributed by atoms with Gasteiger partial charge in [0.05, 0.1) is 36.6 Å². The van der Waals surface area contributed by atoms with Crippen LogP contribution in [0.15, 0.2) is 33.9 Å². The zero-order valence-electron chi connectivity index (χ0n) is 19.1. The standard InChI is InChI=1S/C25H34N4O2/c1-16-21(13-26-14-22-25(3,4)10-12-30-22)31-20-9-8-19-17(2)29(28-24(19)23(16)20)15-18-7-5-6-11-27-18/h5-7,11,17,19,22,26H,8-10,12-15H2,1-4H3. The van der Waals surface area contributed by atoms with Crippen LogP contribution in [-0.2, 0) is 24.2 Å². The summed E-state index contributed by atoms with van der Waals surface area (Å²) in [6.07, 6.45) is 5.32. The first-order valence-corrected chi connectivity index (χ1v) is 11.6. The molecule has 1 fully saturated rings. The average Bonchev–Trinajstić information content (AvgIpc) is 3.37. The summed E-state index contributed by atoms with van der Waals surface area (Å²) in [5.41, 5.74) is 5.00. The minimum absolute atomic E-state index is 0.240. The van der Waals surface area contributed by atoms with Crippen molar-refractivity contribution in [1.82, 2.24) is 15.3 Å². The van der Waals surface area contributed by atoms with E-state index in [1.54, 1.807) is 0 Å². The fourth-order valence-corrected chi connectivity index (χ4v) is 5.28. The first-order chi connectivity index (χ1) is 14.9. The number of pyridine rings is 1. The van der Waals surface area contributed by atoms with Crippen LogP contribution < -0.4 is 5.32 Å². The van der Waals surface area contributed by atoms with E-state index in [-0.39, 0.29) is 11.5 Å². The minimum atomic E-state index is 0.240. The van der Waals surface area contributed by atoms with Gasteiger partial charge in [0.1, 0.15) is 11.5 Å². The van der Waals surface area contributed by atoms with Crippen LogP contribution >= 0.6 is 0 Å². The largest absolute Gasteiger partial charge is 0.464 e. The van der Waals surface area contributed by atoms with Crippen molar-refractivity contribution in [2.75, 3.05) is 13.2 Å². The number of nitrogens with zero attached hydrogens (tertiary/aromatic N) is 3. The normalized spacial score (nSPS) is 26.6. The summed E-state index contributed by atoms with van der Waals surface area (Å²) < 4.78 is 12.3. The molecular weight excluding hydrogens is 388 g/mol. The quantitative estimate of drug-likeness (QED) is 0.761. The molecule has 0 saturated carbocycles. The molecule has 3 atom stereocenters. The third-order valence-electron chi connectivity index (χ3n) is 7.50. The first kappa shape index (κ1) is 20.7. The lowest BCUT2D eigenvalue weighted by Gasteiger charge is -2.26. The molecule has 0 amide bonds. The summed E-state index contributed by atoms with van der Waals surface area (Å²) in [6.45, 7) is 12.3. The fourth-order valence-electron chi connectivity index (χ4n) is 5.28. The summed E-state index contributed by atoms with van der Waals surface area (Å²) in [6, 6.07) is 6.45. The number of hydrogen-bond acceptors (Lipinski definition) is 6. The summed E-state index contributed by atoms with van der Waals surface area (Å²) in [7, 11) is 0. The molecule has 3 aliphatic rings. The highest BCUT2D eigenvalue weighted by Gasteiger charge is 2.41. The molecule has 0 spiro atoms. The highest BCUT2D eigenvalue weighted by molar-refractivity contribution is 6.06. The van der Waals surface area contributed by atoms with Gasteiger partial charge >= 0.3 is 0 Å². The molecule has 5 rings (SSSR count). The van der Waals surface area contributed by atoms with Crippen molar-refractivity contribution >= 4 is 5.71 Å². The van der Waals surface area contributed by atoms with Crippen LogP contribution in [0, 0.1) is 18.3 Å². The predicted octanol–water partition coefficient (Wildman–Crippen LogP) is 4.06. The van der Waals surface area contributed by atoms with Crippen molar-refractivity contribution in [3.8, 4) is 0 Å². The topological polar surface area (TPSA) is 62.9 Å². The van der Waals surface area contributed by atoms with E-state index in [1.807, 2.05) is 18.3 Å². The van der Waals surface area contributed by atoms with Crippen LogP contribution in [0.2, 0.25) is 0 Å². The second-order valence-electron chi connectivity index (χ2n) is 9.97. The zero-order chi connectivity index (χ0) is 21.6. The Morgan fingerprint density at radius 2 is 2.16 bits per heavy atom. The van der Waals surface area contributed by atoms with Gasteiger partial charge in [0.15, 0.2) is 0 Å². The summed E-state index contributed by atoms with van der Waals surface area (Å²) in [4.78, 5) is 4.49. The van der Waals surface area contributed by atoms with Gasteiger partial charge in [-0.25, -0.2) is 0 Å². The number of hydrazone groups is 1. The van der Waals surface area contributed by atoms with Crippen LogP contribution in [0.4, 0.5) is 0 Å². The third-order valence-corrected chi connectivity index (χ3v) is 7.50. The maximum atomic E-state index is 6.34. The predicted molar refractivity (Wildman–Crippen MR) is 121 cm³/mol. The van der Waals surface area contributed by atoms with Crippen LogP contribution in [0.5, 0.6) is 0 Å². The van der Waals surface area contributed by atoms with Gasteiger partial charge in [-0.1, -0.05) is 19.9 Å². The Kier molecular flexibility index (Phi) is 5.39. The number of furan rings is 1. The molecule has 31 heavy (non-hydrogen) atoms. The van der Waals surface area contributed by atoms with E-state index in [4.69, 9.17) is 14.3 Å². The Morgan fingerprint density at radius 3 is 2.90 bits per heavy atom. The molecule has 3 unspecified atom stereocenters. The molecule has 2 aliphatic heterocycles. The minimum Gasteiger partial charge on any atom is -0.464 e. The van der Waals surface area contributed by atoms with Gasteiger partial charge in [-0.3, -0.25) is 9.99 Å². The van der Waals surface area contributed by atoms with Gasteiger partial charge in [-0.15, -0.1) is 0 Å². The Balaban J connectivity index is 1.31. The molecular formula is C25H34N4O2. The number of ether oxygens (including phenoxy) is 1. The number of aryl methyl sites for hydroxylation is 1. The van der Waals surface area contributed by atoms with Crippen molar-refractivity contribution in [3.05, 3.63) is 52.7 Å². The monoisotopic (exact) mass is 422 g/mol. The molecule has 166 valence electrons. The lowest BCUT2D eigenvalue weighted by Crippen LogP contribution is -2.35. The molecule has 6 heteroatoms. The van der Waals surface area contributed by atoms with E-state index in [9.17, 15) is 0 Å². The molecule has 1 aliphatic carbocycles. The van der Waals surface area contributed by atoms with E-state index >= 15 is 0 Å². The van der Waals surface area contributed by atoms with Gasteiger partial charge in [-0.05, 0) is 44.2 Å². The molecule has 0 aromatic carbocycles. The van der Waals surface area contributed by atoms with E-state index < -0.39 is 0 Å². The summed E-state index contributed by atoms with van der Waals surface area (Å²) >= 11 is 0. The van der Waals surface area contributed by atoms with E-state index in [2.05, 4.69) is 49.1 Å². The van der Waals surface area contributed by atoms with Crippen LogP contribution in [-0.4, -0.2) is 41.0 Å². The van der Waals surface area contributed by atoms with Crippen molar-refractivity contribution in [2.45, 2.75) is 72.2 Å². The molecule has 6 nitrogen and oxygen atoms in total. The smallest absolute Gasteiger partial charge is 0.121 e. The summed E-state index contributed by atoms with van der Waals surface area (Å²) in [5, 5.41) is 10.9. The summed E-state index contributed by atoms with van der Waals surface area (Å²) in [5.74, 6) is 2.61. The second kappa shape index (κ2) is 8.06. The molecule has 1 saturated heterocycles.